The Hall–Kier alpha value is -4.26. The lowest BCUT2D eigenvalue weighted by molar-refractivity contribution is -0.132. The zero-order valence-corrected chi connectivity index (χ0v) is 20.3. The van der Waals surface area contributed by atoms with Crippen LogP contribution in [0.2, 0.25) is 0 Å². The van der Waals surface area contributed by atoms with Gasteiger partial charge in [-0.3, -0.25) is 14.5 Å². The van der Waals surface area contributed by atoms with Crippen LogP contribution in [0.4, 0.5) is 5.69 Å². The molecule has 1 atom stereocenters. The molecule has 4 rings (SSSR count). The van der Waals surface area contributed by atoms with Crippen LogP contribution in [0.5, 0.6) is 17.2 Å². The molecule has 1 fully saturated rings. The molecule has 36 heavy (non-hydrogen) atoms. The number of aromatic hydroxyl groups is 1. The monoisotopic (exact) mass is 487 g/mol. The van der Waals surface area contributed by atoms with Crippen molar-refractivity contribution in [1.29, 1.82) is 0 Å². The number of para-hydroxylation sites is 2. The Morgan fingerprint density at radius 2 is 1.64 bits per heavy atom. The van der Waals surface area contributed by atoms with E-state index in [1.54, 1.807) is 60.7 Å². The maximum Gasteiger partial charge on any atom is 0.300 e. The number of amides is 1. The first kappa shape index (κ1) is 24.9. The number of aliphatic hydroxyl groups excluding tert-OH is 1. The molecule has 7 nitrogen and oxygen atoms in total. The lowest BCUT2D eigenvalue weighted by atomic mass is 9.95. The van der Waals surface area contributed by atoms with Crippen LogP contribution in [-0.4, -0.2) is 35.6 Å². The highest BCUT2D eigenvalue weighted by Crippen LogP contribution is 2.45. The zero-order chi connectivity index (χ0) is 25.7. The molecule has 3 aromatic rings. The Morgan fingerprint density at radius 1 is 0.944 bits per heavy atom. The molecule has 7 heteroatoms. The van der Waals surface area contributed by atoms with Crippen molar-refractivity contribution in [1.82, 2.24) is 0 Å². The second kappa shape index (κ2) is 11.0. The van der Waals surface area contributed by atoms with Gasteiger partial charge in [0.1, 0.15) is 23.0 Å². The van der Waals surface area contributed by atoms with Crippen molar-refractivity contribution in [3.63, 3.8) is 0 Å². The van der Waals surface area contributed by atoms with Crippen molar-refractivity contribution in [2.24, 2.45) is 0 Å². The van der Waals surface area contributed by atoms with Crippen LogP contribution >= 0.6 is 0 Å². The summed E-state index contributed by atoms with van der Waals surface area (Å²) in [5, 5.41) is 21.1. The predicted molar refractivity (Wildman–Crippen MR) is 137 cm³/mol. The van der Waals surface area contributed by atoms with Gasteiger partial charge in [0.15, 0.2) is 0 Å². The van der Waals surface area contributed by atoms with E-state index < -0.39 is 17.7 Å². The number of anilines is 1. The van der Waals surface area contributed by atoms with Gasteiger partial charge >= 0.3 is 0 Å². The van der Waals surface area contributed by atoms with Crippen LogP contribution in [0.25, 0.3) is 5.76 Å². The molecule has 0 radical (unpaired) electrons. The summed E-state index contributed by atoms with van der Waals surface area (Å²) >= 11 is 0. The van der Waals surface area contributed by atoms with Crippen molar-refractivity contribution >= 4 is 23.1 Å². The number of methoxy groups -OCH3 is 1. The number of carbonyl (C=O) groups is 2. The number of Topliss-reactive ketones (excluding diaryl/α,β-unsaturated/α-hetero) is 1. The highest BCUT2D eigenvalue weighted by atomic mass is 16.5. The first-order chi connectivity index (χ1) is 17.5. The van der Waals surface area contributed by atoms with E-state index in [1.165, 1.54) is 24.1 Å². The van der Waals surface area contributed by atoms with Crippen molar-refractivity contribution in [2.45, 2.75) is 32.2 Å². The second-order valence-corrected chi connectivity index (χ2v) is 8.51. The molecule has 1 heterocycles. The smallest absolute Gasteiger partial charge is 0.300 e. The quantitative estimate of drug-likeness (QED) is 0.177. The molecule has 1 amide bonds. The van der Waals surface area contributed by atoms with E-state index in [9.17, 15) is 19.8 Å². The van der Waals surface area contributed by atoms with E-state index in [4.69, 9.17) is 9.47 Å². The molecule has 0 bridgehead atoms. The molecule has 2 N–H and O–H groups in total. The van der Waals surface area contributed by atoms with Gasteiger partial charge in [-0.25, -0.2) is 0 Å². The highest BCUT2D eigenvalue weighted by Gasteiger charge is 2.47. The van der Waals surface area contributed by atoms with Crippen molar-refractivity contribution in [3.8, 4) is 17.2 Å². The number of phenols is 1. The van der Waals surface area contributed by atoms with E-state index in [2.05, 4.69) is 6.92 Å². The standard InChI is InChI=1S/C29H29NO6/c1-3-4-7-18-36-22-16-12-20(13-17-22)27(32)25-26(19-10-14-21(31)15-11-19)30(29(34)28(25)33)23-8-5-6-9-24(23)35-2/h5-6,8-17,26,31-32H,3-4,7,18H2,1-2H3/b27-25+. The summed E-state index contributed by atoms with van der Waals surface area (Å²) < 4.78 is 11.2. The molecule has 0 spiro atoms. The normalized spacial score (nSPS) is 16.8. The fraction of sp³-hybridized carbons (Fsp3) is 0.241. The summed E-state index contributed by atoms with van der Waals surface area (Å²) in [5.41, 5.74) is 1.29. The molecular weight excluding hydrogens is 458 g/mol. The maximum atomic E-state index is 13.3. The SMILES string of the molecule is CCCCCOc1ccc(/C(O)=C2\C(=O)C(=O)N(c3ccccc3OC)C2c2ccc(O)cc2)cc1. The summed E-state index contributed by atoms with van der Waals surface area (Å²) in [7, 11) is 1.48. The predicted octanol–water partition coefficient (Wildman–Crippen LogP) is 5.60. The van der Waals surface area contributed by atoms with Gasteiger partial charge in [0.2, 0.25) is 0 Å². The summed E-state index contributed by atoms with van der Waals surface area (Å²) in [6.45, 7) is 2.73. The Labute approximate surface area is 210 Å². The molecule has 0 aromatic heterocycles. The highest BCUT2D eigenvalue weighted by molar-refractivity contribution is 6.51. The maximum absolute atomic E-state index is 13.3. The summed E-state index contributed by atoms with van der Waals surface area (Å²) in [6, 6.07) is 18.9. The van der Waals surface area contributed by atoms with Crippen molar-refractivity contribution in [2.75, 3.05) is 18.6 Å². The number of hydrogen-bond donors (Lipinski definition) is 2. The molecule has 1 aliphatic heterocycles. The minimum atomic E-state index is -0.924. The van der Waals surface area contributed by atoms with E-state index in [-0.39, 0.29) is 17.1 Å². The van der Waals surface area contributed by atoms with Crippen LogP contribution in [0.15, 0.2) is 78.4 Å². The summed E-state index contributed by atoms with van der Waals surface area (Å²) in [6.07, 6.45) is 3.14. The number of hydrogen-bond acceptors (Lipinski definition) is 6. The van der Waals surface area contributed by atoms with Crippen LogP contribution < -0.4 is 14.4 Å². The molecular formula is C29H29NO6. The Balaban J connectivity index is 1.78. The number of aliphatic hydroxyl groups is 1. The first-order valence-corrected chi connectivity index (χ1v) is 11.9. The van der Waals surface area contributed by atoms with Gasteiger partial charge in [-0.15, -0.1) is 0 Å². The van der Waals surface area contributed by atoms with E-state index in [1.807, 2.05) is 0 Å². The van der Waals surface area contributed by atoms with Crippen molar-refractivity contribution in [3.05, 3.63) is 89.5 Å². The molecule has 3 aromatic carbocycles. The van der Waals surface area contributed by atoms with Crippen LogP contribution in [0.3, 0.4) is 0 Å². The zero-order valence-electron chi connectivity index (χ0n) is 20.3. The third-order valence-electron chi connectivity index (χ3n) is 6.14. The van der Waals surface area contributed by atoms with Crippen molar-refractivity contribution < 1.29 is 29.3 Å². The summed E-state index contributed by atoms with van der Waals surface area (Å²) in [5.74, 6) is -0.768. The topological polar surface area (TPSA) is 96.3 Å². The number of unbranched alkanes of at least 4 members (excludes halogenated alkanes) is 2. The number of ether oxygens (including phenoxy) is 2. The van der Waals surface area contributed by atoms with Gasteiger partial charge < -0.3 is 19.7 Å². The number of phenolic OH excluding ortho intramolecular Hbond substituents is 1. The van der Waals surface area contributed by atoms with E-state index >= 15 is 0 Å². The fourth-order valence-electron chi connectivity index (χ4n) is 4.29. The lowest BCUT2D eigenvalue weighted by Gasteiger charge is -2.26. The minimum Gasteiger partial charge on any atom is -0.508 e. The number of nitrogens with zero attached hydrogens (tertiary/aromatic N) is 1. The van der Waals surface area contributed by atoms with Gasteiger partial charge in [0.25, 0.3) is 11.7 Å². The van der Waals surface area contributed by atoms with Gasteiger partial charge in [0.05, 0.1) is 31.0 Å². The third kappa shape index (κ3) is 4.91. The van der Waals surface area contributed by atoms with Crippen LogP contribution in [-0.2, 0) is 9.59 Å². The van der Waals surface area contributed by atoms with Gasteiger partial charge in [0, 0.05) is 5.56 Å². The largest absolute Gasteiger partial charge is 0.508 e. The van der Waals surface area contributed by atoms with E-state index in [0.29, 0.717) is 34.9 Å². The molecule has 1 saturated heterocycles. The fourth-order valence-corrected chi connectivity index (χ4v) is 4.29. The van der Waals surface area contributed by atoms with E-state index in [0.717, 1.165) is 19.3 Å². The minimum absolute atomic E-state index is 0.0440. The first-order valence-electron chi connectivity index (χ1n) is 11.9. The van der Waals surface area contributed by atoms with Gasteiger partial charge in [-0.05, 0) is 60.5 Å². The molecule has 0 saturated carbocycles. The number of benzene rings is 3. The average Bonchev–Trinajstić information content (AvgIpc) is 3.17. The van der Waals surface area contributed by atoms with Crippen LogP contribution in [0.1, 0.15) is 43.4 Å². The van der Waals surface area contributed by atoms with Crippen LogP contribution in [0, 0.1) is 0 Å². The second-order valence-electron chi connectivity index (χ2n) is 8.51. The lowest BCUT2D eigenvalue weighted by Crippen LogP contribution is -2.29. The summed E-state index contributed by atoms with van der Waals surface area (Å²) in [4.78, 5) is 27.9. The molecule has 1 unspecified atom stereocenters. The average molecular weight is 488 g/mol. The molecule has 1 aliphatic rings. The number of ketones is 1. The Bertz CT molecular complexity index is 1260. The molecule has 186 valence electrons. The third-order valence-corrected chi connectivity index (χ3v) is 6.14. The number of rotatable bonds is 9. The Kier molecular flexibility index (Phi) is 7.59. The Morgan fingerprint density at radius 3 is 2.31 bits per heavy atom. The number of carbonyl (C=O) groups excluding carboxylic acids is 2. The van der Waals surface area contributed by atoms with Gasteiger partial charge in [-0.2, -0.15) is 0 Å². The molecule has 0 aliphatic carbocycles. The van der Waals surface area contributed by atoms with Gasteiger partial charge in [-0.1, -0.05) is 44.0 Å².